The molecule has 2 aromatic carbocycles. The Morgan fingerprint density at radius 1 is 1.11 bits per heavy atom. The number of rotatable bonds is 9. The number of anilines is 1. The molecule has 0 aliphatic heterocycles. The van der Waals surface area contributed by atoms with Crippen LogP contribution in [-0.4, -0.2) is 32.1 Å². The Morgan fingerprint density at radius 2 is 1.82 bits per heavy atom. The first-order chi connectivity index (χ1) is 13.5. The maximum absolute atomic E-state index is 12.2. The maximum Gasteiger partial charge on any atom is 0.330 e. The lowest BCUT2D eigenvalue weighted by atomic mass is 10.1. The number of para-hydroxylation sites is 1. The quantitative estimate of drug-likeness (QED) is 0.512. The van der Waals surface area contributed by atoms with Crippen molar-refractivity contribution in [3.05, 3.63) is 65.7 Å². The smallest absolute Gasteiger partial charge is 0.330 e. The lowest BCUT2D eigenvalue weighted by molar-refractivity contribution is -0.137. The van der Waals surface area contributed by atoms with Crippen molar-refractivity contribution in [3.63, 3.8) is 0 Å². The van der Waals surface area contributed by atoms with E-state index in [4.69, 9.17) is 9.47 Å². The monoisotopic (exact) mass is 382 g/mol. The fourth-order valence-electron chi connectivity index (χ4n) is 2.64. The summed E-state index contributed by atoms with van der Waals surface area (Å²) in [6, 6.07) is 14.8. The third-order valence-corrected chi connectivity index (χ3v) is 4.05. The highest BCUT2D eigenvalue weighted by Gasteiger charge is 2.13. The Balaban J connectivity index is 1.84. The van der Waals surface area contributed by atoms with E-state index in [2.05, 4.69) is 10.6 Å². The number of benzene rings is 2. The van der Waals surface area contributed by atoms with Crippen LogP contribution in [-0.2, 0) is 14.3 Å². The van der Waals surface area contributed by atoms with Crippen molar-refractivity contribution in [2.24, 2.45) is 0 Å². The van der Waals surface area contributed by atoms with Crippen LogP contribution in [0.25, 0.3) is 6.08 Å². The number of hydrogen-bond donors (Lipinski definition) is 2. The summed E-state index contributed by atoms with van der Waals surface area (Å²) >= 11 is 0. The van der Waals surface area contributed by atoms with E-state index in [1.807, 2.05) is 55.5 Å². The number of nitrogens with one attached hydrogen (secondary N) is 2. The van der Waals surface area contributed by atoms with Crippen LogP contribution < -0.4 is 15.4 Å². The second kappa shape index (κ2) is 10.8. The number of esters is 1. The SMILES string of the molecule is CCOC(=O)/C=C/c1ccc(NCC(=O)NC(C)c2ccccc2OC)cc1. The molecule has 0 spiro atoms. The molecule has 0 aliphatic carbocycles. The topological polar surface area (TPSA) is 76.7 Å². The molecule has 0 heterocycles. The van der Waals surface area contributed by atoms with Crippen LogP contribution in [0.3, 0.4) is 0 Å². The number of hydrogen-bond acceptors (Lipinski definition) is 5. The summed E-state index contributed by atoms with van der Waals surface area (Å²) in [5.74, 6) is 0.255. The molecule has 2 aromatic rings. The van der Waals surface area contributed by atoms with Gasteiger partial charge in [0.05, 0.1) is 26.3 Å². The first kappa shape index (κ1) is 21.0. The van der Waals surface area contributed by atoms with Crippen molar-refractivity contribution in [2.75, 3.05) is 25.6 Å². The molecule has 0 aliphatic rings. The van der Waals surface area contributed by atoms with E-state index in [1.165, 1.54) is 6.08 Å². The second-order valence-electron chi connectivity index (χ2n) is 6.09. The predicted molar refractivity (Wildman–Crippen MR) is 110 cm³/mol. The zero-order valence-electron chi connectivity index (χ0n) is 16.4. The fraction of sp³-hybridized carbons (Fsp3) is 0.273. The van der Waals surface area contributed by atoms with E-state index in [1.54, 1.807) is 20.1 Å². The third-order valence-electron chi connectivity index (χ3n) is 4.05. The summed E-state index contributed by atoms with van der Waals surface area (Å²) in [5, 5.41) is 6.04. The summed E-state index contributed by atoms with van der Waals surface area (Å²) in [6.45, 7) is 4.18. The van der Waals surface area contributed by atoms with Gasteiger partial charge in [0.15, 0.2) is 0 Å². The molecule has 148 valence electrons. The van der Waals surface area contributed by atoms with E-state index in [0.29, 0.717) is 6.61 Å². The second-order valence-corrected chi connectivity index (χ2v) is 6.09. The first-order valence-corrected chi connectivity index (χ1v) is 9.14. The van der Waals surface area contributed by atoms with Gasteiger partial charge in [-0.25, -0.2) is 4.79 Å². The predicted octanol–water partition coefficient (Wildman–Crippen LogP) is 3.56. The molecule has 1 atom stereocenters. The zero-order chi connectivity index (χ0) is 20.4. The number of amides is 1. The van der Waals surface area contributed by atoms with E-state index in [9.17, 15) is 9.59 Å². The molecule has 28 heavy (non-hydrogen) atoms. The highest BCUT2D eigenvalue weighted by Crippen LogP contribution is 2.24. The van der Waals surface area contributed by atoms with Gasteiger partial charge in [-0.05, 0) is 43.7 Å². The fourth-order valence-corrected chi connectivity index (χ4v) is 2.64. The van der Waals surface area contributed by atoms with Gasteiger partial charge in [-0.3, -0.25) is 4.79 Å². The Bertz CT molecular complexity index is 816. The Labute approximate surface area is 165 Å². The van der Waals surface area contributed by atoms with Gasteiger partial charge in [0.2, 0.25) is 5.91 Å². The van der Waals surface area contributed by atoms with Gasteiger partial charge < -0.3 is 20.1 Å². The molecular formula is C22H26N2O4. The van der Waals surface area contributed by atoms with Crippen molar-refractivity contribution in [2.45, 2.75) is 19.9 Å². The minimum absolute atomic E-state index is 0.121. The number of carbonyl (C=O) groups is 2. The van der Waals surface area contributed by atoms with Gasteiger partial charge in [-0.1, -0.05) is 30.3 Å². The van der Waals surface area contributed by atoms with E-state index in [-0.39, 0.29) is 24.5 Å². The molecule has 0 fully saturated rings. The van der Waals surface area contributed by atoms with E-state index in [0.717, 1.165) is 22.6 Å². The molecular weight excluding hydrogens is 356 g/mol. The van der Waals surface area contributed by atoms with E-state index < -0.39 is 0 Å². The molecule has 0 saturated heterocycles. The van der Waals surface area contributed by atoms with Crippen LogP contribution in [0.15, 0.2) is 54.6 Å². The first-order valence-electron chi connectivity index (χ1n) is 9.14. The number of ether oxygens (including phenoxy) is 2. The number of carbonyl (C=O) groups excluding carboxylic acids is 2. The van der Waals surface area contributed by atoms with Crippen molar-refractivity contribution in [1.82, 2.24) is 5.32 Å². The standard InChI is InChI=1S/C22H26N2O4/c1-4-28-22(26)14-11-17-9-12-18(13-10-17)23-15-21(25)24-16(2)19-7-5-6-8-20(19)27-3/h5-14,16,23H,4,15H2,1-3H3,(H,24,25)/b14-11+. The molecule has 6 nitrogen and oxygen atoms in total. The summed E-state index contributed by atoms with van der Waals surface area (Å²) in [4.78, 5) is 23.5. The van der Waals surface area contributed by atoms with Gasteiger partial charge >= 0.3 is 5.97 Å². The molecule has 0 radical (unpaired) electrons. The van der Waals surface area contributed by atoms with Crippen molar-refractivity contribution in [1.29, 1.82) is 0 Å². The van der Waals surface area contributed by atoms with Crippen LogP contribution in [0.4, 0.5) is 5.69 Å². The van der Waals surface area contributed by atoms with Gasteiger partial charge in [-0.15, -0.1) is 0 Å². The Kier molecular flexibility index (Phi) is 8.09. The lowest BCUT2D eigenvalue weighted by Gasteiger charge is -2.17. The van der Waals surface area contributed by atoms with Crippen LogP contribution >= 0.6 is 0 Å². The summed E-state index contributed by atoms with van der Waals surface area (Å²) in [7, 11) is 1.61. The maximum atomic E-state index is 12.2. The van der Waals surface area contributed by atoms with Crippen molar-refractivity contribution in [3.8, 4) is 5.75 Å². The molecule has 0 aromatic heterocycles. The van der Waals surface area contributed by atoms with Gasteiger partial charge in [0.25, 0.3) is 0 Å². The normalized spacial score (nSPS) is 11.7. The molecule has 1 unspecified atom stereocenters. The zero-order valence-corrected chi connectivity index (χ0v) is 16.4. The minimum atomic E-state index is -0.370. The highest BCUT2D eigenvalue weighted by atomic mass is 16.5. The minimum Gasteiger partial charge on any atom is -0.496 e. The van der Waals surface area contributed by atoms with Crippen LogP contribution in [0, 0.1) is 0 Å². The summed E-state index contributed by atoms with van der Waals surface area (Å²) in [5.41, 5.74) is 2.61. The lowest BCUT2D eigenvalue weighted by Crippen LogP contribution is -2.32. The van der Waals surface area contributed by atoms with Crippen LogP contribution in [0.5, 0.6) is 5.75 Å². The van der Waals surface area contributed by atoms with Gasteiger partial charge in [0, 0.05) is 17.3 Å². The van der Waals surface area contributed by atoms with Crippen LogP contribution in [0.2, 0.25) is 0 Å². The highest BCUT2D eigenvalue weighted by molar-refractivity contribution is 5.87. The van der Waals surface area contributed by atoms with Gasteiger partial charge in [-0.2, -0.15) is 0 Å². The molecule has 0 saturated carbocycles. The summed E-state index contributed by atoms with van der Waals surface area (Å²) < 4.78 is 10.2. The molecule has 2 rings (SSSR count). The summed E-state index contributed by atoms with van der Waals surface area (Å²) in [6.07, 6.45) is 3.07. The molecule has 0 bridgehead atoms. The molecule has 6 heteroatoms. The Hall–Kier alpha value is -3.28. The molecule has 1 amide bonds. The third kappa shape index (κ3) is 6.46. The van der Waals surface area contributed by atoms with Crippen LogP contribution in [0.1, 0.15) is 31.0 Å². The molecule has 2 N–H and O–H groups in total. The van der Waals surface area contributed by atoms with E-state index >= 15 is 0 Å². The average Bonchev–Trinajstić information content (AvgIpc) is 2.71. The number of methoxy groups -OCH3 is 1. The van der Waals surface area contributed by atoms with Crippen molar-refractivity contribution >= 4 is 23.6 Å². The van der Waals surface area contributed by atoms with Gasteiger partial charge in [0.1, 0.15) is 5.75 Å². The Morgan fingerprint density at radius 3 is 2.50 bits per heavy atom. The average molecular weight is 382 g/mol. The van der Waals surface area contributed by atoms with Crippen molar-refractivity contribution < 1.29 is 19.1 Å². The largest absolute Gasteiger partial charge is 0.496 e.